The molecule has 1 aliphatic heterocycles. The van der Waals surface area contributed by atoms with Gasteiger partial charge in [-0.15, -0.1) is 0 Å². The van der Waals surface area contributed by atoms with Gasteiger partial charge in [-0.1, -0.05) is 42.5 Å². The topological polar surface area (TPSA) is 35.5 Å². The van der Waals surface area contributed by atoms with Crippen LogP contribution in [0, 0.1) is 0 Å². The molecule has 3 nitrogen and oxygen atoms in total. The van der Waals surface area contributed by atoms with Crippen molar-refractivity contribution in [1.29, 1.82) is 0 Å². The van der Waals surface area contributed by atoms with Gasteiger partial charge in [-0.2, -0.15) is 0 Å². The maximum atomic E-state index is 11.7. The van der Waals surface area contributed by atoms with E-state index in [1.165, 1.54) is 5.56 Å². The second-order valence-corrected chi connectivity index (χ2v) is 5.68. The normalized spacial score (nSPS) is 18.8. The van der Waals surface area contributed by atoms with E-state index in [1.807, 2.05) is 44.2 Å². The molecule has 0 saturated carbocycles. The molecule has 0 N–H and O–H groups in total. The lowest BCUT2D eigenvalue weighted by atomic mass is 9.82. The van der Waals surface area contributed by atoms with E-state index in [2.05, 4.69) is 18.2 Å². The molecule has 0 radical (unpaired) electrons. The SMILES string of the molecule is CCOC(=O)CCC1(C)Oc2ccccc2-c2ccccc21. The Bertz CT molecular complexity index is 693. The fourth-order valence-corrected chi connectivity index (χ4v) is 3.01. The molecule has 0 fully saturated rings. The zero-order chi connectivity index (χ0) is 15.6. The Morgan fingerprint density at radius 3 is 2.55 bits per heavy atom. The molecular formula is C19H20O3. The smallest absolute Gasteiger partial charge is 0.305 e. The van der Waals surface area contributed by atoms with Crippen LogP contribution in [0.15, 0.2) is 48.5 Å². The molecule has 0 saturated heterocycles. The number of fused-ring (bicyclic) bond motifs is 3. The summed E-state index contributed by atoms with van der Waals surface area (Å²) in [6, 6.07) is 16.3. The zero-order valence-corrected chi connectivity index (χ0v) is 13.0. The summed E-state index contributed by atoms with van der Waals surface area (Å²) < 4.78 is 11.3. The number of hydrogen-bond acceptors (Lipinski definition) is 3. The third-order valence-electron chi connectivity index (χ3n) is 4.12. The second-order valence-electron chi connectivity index (χ2n) is 5.68. The summed E-state index contributed by atoms with van der Waals surface area (Å²) in [6.45, 7) is 4.28. The third kappa shape index (κ3) is 2.59. The average molecular weight is 296 g/mol. The standard InChI is InChI=1S/C19H20O3/c1-3-21-18(20)12-13-19(2)16-10-6-4-8-14(16)15-9-5-7-11-17(15)22-19/h4-11H,3,12-13H2,1-2H3. The van der Waals surface area contributed by atoms with Crippen LogP contribution in [0.2, 0.25) is 0 Å². The van der Waals surface area contributed by atoms with Crippen molar-refractivity contribution in [2.75, 3.05) is 6.61 Å². The summed E-state index contributed by atoms with van der Waals surface area (Å²) >= 11 is 0. The quantitative estimate of drug-likeness (QED) is 0.789. The Morgan fingerprint density at radius 1 is 1.09 bits per heavy atom. The molecule has 2 aromatic rings. The molecule has 0 aromatic heterocycles. The van der Waals surface area contributed by atoms with Gasteiger partial charge < -0.3 is 9.47 Å². The van der Waals surface area contributed by atoms with E-state index in [-0.39, 0.29) is 5.97 Å². The monoisotopic (exact) mass is 296 g/mol. The van der Waals surface area contributed by atoms with Gasteiger partial charge in [-0.05, 0) is 25.5 Å². The van der Waals surface area contributed by atoms with Crippen LogP contribution in [0.1, 0.15) is 32.3 Å². The highest BCUT2D eigenvalue weighted by atomic mass is 16.5. The molecule has 0 aliphatic carbocycles. The van der Waals surface area contributed by atoms with Crippen molar-refractivity contribution in [1.82, 2.24) is 0 Å². The van der Waals surface area contributed by atoms with Crippen LogP contribution < -0.4 is 4.74 Å². The first-order chi connectivity index (χ1) is 10.6. The fourth-order valence-electron chi connectivity index (χ4n) is 3.01. The summed E-state index contributed by atoms with van der Waals surface area (Å²) in [7, 11) is 0. The van der Waals surface area contributed by atoms with Crippen LogP contribution in [0.25, 0.3) is 11.1 Å². The molecular weight excluding hydrogens is 276 g/mol. The van der Waals surface area contributed by atoms with Crippen molar-refractivity contribution >= 4 is 5.97 Å². The molecule has 1 atom stereocenters. The Balaban J connectivity index is 1.95. The van der Waals surface area contributed by atoms with Gasteiger partial charge in [-0.3, -0.25) is 4.79 Å². The Hall–Kier alpha value is -2.29. The van der Waals surface area contributed by atoms with E-state index in [0.29, 0.717) is 19.4 Å². The van der Waals surface area contributed by atoms with Gasteiger partial charge in [0.15, 0.2) is 0 Å². The van der Waals surface area contributed by atoms with Crippen LogP contribution in [0.5, 0.6) is 5.75 Å². The van der Waals surface area contributed by atoms with Gasteiger partial charge in [0.05, 0.1) is 6.61 Å². The van der Waals surface area contributed by atoms with E-state index in [0.717, 1.165) is 16.9 Å². The maximum absolute atomic E-state index is 11.7. The number of carbonyl (C=O) groups is 1. The fraction of sp³-hybridized carbons (Fsp3) is 0.316. The van der Waals surface area contributed by atoms with E-state index >= 15 is 0 Å². The van der Waals surface area contributed by atoms with Gasteiger partial charge in [-0.25, -0.2) is 0 Å². The van der Waals surface area contributed by atoms with Gasteiger partial charge in [0.25, 0.3) is 0 Å². The molecule has 1 aliphatic rings. The molecule has 3 rings (SSSR count). The molecule has 3 heteroatoms. The molecule has 0 bridgehead atoms. The molecule has 22 heavy (non-hydrogen) atoms. The van der Waals surface area contributed by atoms with Gasteiger partial charge in [0.1, 0.15) is 11.4 Å². The molecule has 114 valence electrons. The number of rotatable bonds is 4. The first kappa shape index (κ1) is 14.6. The van der Waals surface area contributed by atoms with Crippen LogP contribution in [-0.2, 0) is 15.1 Å². The van der Waals surface area contributed by atoms with Crippen molar-refractivity contribution in [3.63, 3.8) is 0 Å². The predicted octanol–water partition coefficient (Wildman–Crippen LogP) is 4.30. The van der Waals surface area contributed by atoms with Gasteiger partial charge >= 0.3 is 5.97 Å². The zero-order valence-electron chi connectivity index (χ0n) is 13.0. The van der Waals surface area contributed by atoms with Crippen molar-refractivity contribution in [2.45, 2.75) is 32.3 Å². The lowest BCUT2D eigenvalue weighted by Gasteiger charge is -2.37. The lowest BCUT2D eigenvalue weighted by Crippen LogP contribution is -2.33. The first-order valence-corrected chi connectivity index (χ1v) is 7.67. The van der Waals surface area contributed by atoms with Crippen LogP contribution in [0.3, 0.4) is 0 Å². The van der Waals surface area contributed by atoms with Crippen molar-refractivity contribution in [3.8, 4) is 16.9 Å². The number of para-hydroxylation sites is 1. The molecule has 1 heterocycles. The predicted molar refractivity (Wildman–Crippen MR) is 85.7 cm³/mol. The lowest BCUT2D eigenvalue weighted by molar-refractivity contribution is -0.144. The van der Waals surface area contributed by atoms with Crippen LogP contribution in [0.4, 0.5) is 0 Å². The minimum Gasteiger partial charge on any atom is -0.482 e. The van der Waals surface area contributed by atoms with Crippen molar-refractivity contribution in [2.24, 2.45) is 0 Å². The average Bonchev–Trinajstić information content (AvgIpc) is 2.54. The summed E-state index contributed by atoms with van der Waals surface area (Å²) in [6.07, 6.45) is 0.942. The number of ether oxygens (including phenoxy) is 2. The van der Waals surface area contributed by atoms with E-state index < -0.39 is 5.60 Å². The maximum Gasteiger partial charge on any atom is 0.305 e. The second kappa shape index (κ2) is 5.84. The highest BCUT2D eigenvalue weighted by molar-refractivity contribution is 5.76. The summed E-state index contributed by atoms with van der Waals surface area (Å²) in [4.78, 5) is 11.7. The summed E-state index contributed by atoms with van der Waals surface area (Å²) in [5, 5.41) is 0. The summed E-state index contributed by atoms with van der Waals surface area (Å²) in [5.74, 6) is 0.691. The number of hydrogen-bond donors (Lipinski definition) is 0. The number of carbonyl (C=O) groups excluding carboxylic acids is 1. The summed E-state index contributed by atoms with van der Waals surface area (Å²) in [5.41, 5.74) is 2.89. The molecule has 0 amide bonds. The molecule has 1 unspecified atom stereocenters. The number of esters is 1. The number of benzene rings is 2. The van der Waals surface area contributed by atoms with Crippen molar-refractivity contribution in [3.05, 3.63) is 54.1 Å². The van der Waals surface area contributed by atoms with Gasteiger partial charge in [0, 0.05) is 24.0 Å². The van der Waals surface area contributed by atoms with E-state index in [1.54, 1.807) is 0 Å². The van der Waals surface area contributed by atoms with Gasteiger partial charge in [0.2, 0.25) is 0 Å². The Morgan fingerprint density at radius 2 is 1.77 bits per heavy atom. The third-order valence-corrected chi connectivity index (χ3v) is 4.12. The highest BCUT2D eigenvalue weighted by Crippen LogP contribution is 2.46. The van der Waals surface area contributed by atoms with E-state index in [4.69, 9.17) is 9.47 Å². The highest BCUT2D eigenvalue weighted by Gasteiger charge is 2.36. The minimum atomic E-state index is -0.516. The van der Waals surface area contributed by atoms with Crippen molar-refractivity contribution < 1.29 is 14.3 Å². The first-order valence-electron chi connectivity index (χ1n) is 7.67. The Labute approximate surface area is 130 Å². The largest absolute Gasteiger partial charge is 0.482 e. The Kier molecular flexibility index (Phi) is 3.88. The molecule has 0 spiro atoms. The molecule has 2 aromatic carbocycles. The van der Waals surface area contributed by atoms with Crippen LogP contribution >= 0.6 is 0 Å². The minimum absolute atomic E-state index is 0.177. The van der Waals surface area contributed by atoms with Crippen LogP contribution in [-0.4, -0.2) is 12.6 Å². The van der Waals surface area contributed by atoms with E-state index in [9.17, 15) is 4.79 Å².